The highest BCUT2D eigenvalue weighted by atomic mass is 35.5. The molecule has 0 bridgehead atoms. The van der Waals surface area contributed by atoms with Crippen LogP contribution in [-0.4, -0.2) is 12.6 Å². The van der Waals surface area contributed by atoms with E-state index >= 15 is 0 Å². The molecule has 2 aliphatic heterocycles. The first-order valence-electron chi connectivity index (χ1n) is 10.1. The number of ketones is 1. The lowest BCUT2D eigenvalue weighted by Crippen LogP contribution is -2.38. The van der Waals surface area contributed by atoms with Crippen LogP contribution in [0.25, 0.3) is 0 Å². The number of benzene rings is 2. The zero-order chi connectivity index (χ0) is 21.7. The summed E-state index contributed by atoms with van der Waals surface area (Å²) in [4.78, 5) is 15.0. The molecule has 31 heavy (non-hydrogen) atoms. The second kappa shape index (κ2) is 7.36. The van der Waals surface area contributed by atoms with E-state index in [9.17, 15) is 10.1 Å². The summed E-state index contributed by atoms with van der Waals surface area (Å²) in [6, 6.07) is 13.4. The minimum atomic E-state index is -0.542. The van der Waals surface area contributed by atoms with E-state index in [0.29, 0.717) is 46.3 Å². The Hall–Kier alpha value is -3.43. The van der Waals surface area contributed by atoms with Crippen molar-refractivity contribution in [3.63, 3.8) is 0 Å². The summed E-state index contributed by atoms with van der Waals surface area (Å²) in [5.74, 6) is 1.06. The van der Waals surface area contributed by atoms with E-state index in [2.05, 4.69) is 6.07 Å². The standard InChI is InChI=1S/C24H20ClN3O3/c1-13-5-7-15(10-17(13)25)28-18-3-2-4-19(29)23(18)22(16(11-26)24(28)27)14-6-8-20-21(9-14)31-12-30-20/h5-10,22H,2-4,12,27H2,1H3. The van der Waals surface area contributed by atoms with Crippen LogP contribution >= 0.6 is 11.6 Å². The summed E-state index contributed by atoms with van der Waals surface area (Å²) in [5, 5.41) is 10.7. The van der Waals surface area contributed by atoms with Crippen molar-refractivity contribution >= 4 is 23.1 Å². The van der Waals surface area contributed by atoms with Gasteiger partial charge in [0, 0.05) is 28.4 Å². The van der Waals surface area contributed by atoms with Gasteiger partial charge >= 0.3 is 0 Å². The molecule has 5 rings (SSSR count). The Kier molecular flexibility index (Phi) is 4.64. The van der Waals surface area contributed by atoms with Crippen LogP contribution < -0.4 is 20.1 Å². The van der Waals surface area contributed by atoms with Crippen molar-refractivity contribution in [2.45, 2.75) is 32.1 Å². The fraction of sp³-hybridized carbons (Fsp3) is 0.250. The molecule has 0 fully saturated rings. The van der Waals surface area contributed by atoms with Crippen LogP contribution in [-0.2, 0) is 4.79 Å². The molecule has 0 radical (unpaired) electrons. The highest BCUT2D eigenvalue weighted by molar-refractivity contribution is 6.31. The van der Waals surface area contributed by atoms with Gasteiger partial charge in [-0.25, -0.2) is 0 Å². The van der Waals surface area contributed by atoms with Crippen LogP contribution in [0.4, 0.5) is 5.69 Å². The number of carbonyl (C=O) groups excluding carboxylic acids is 1. The second-order valence-electron chi connectivity index (χ2n) is 7.86. The number of carbonyl (C=O) groups is 1. The number of Topliss-reactive ketones (excluding diaryl/α,β-unsaturated/α-hetero) is 1. The number of nitrogens with two attached hydrogens (primary N) is 1. The summed E-state index contributed by atoms with van der Waals surface area (Å²) >= 11 is 6.38. The molecule has 1 aliphatic carbocycles. The van der Waals surface area contributed by atoms with Gasteiger partial charge < -0.3 is 15.2 Å². The predicted molar refractivity (Wildman–Crippen MR) is 117 cm³/mol. The van der Waals surface area contributed by atoms with Gasteiger partial charge in [-0.15, -0.1) is 0 Å². The van der Waals surface area contributed by atoms with Crippen molar-refractivity contribution in [1.29, 1.82) is 5.26 Å². The van der Waals surface area contributed by atoms with Gasteiger partial charge in [0.15, 0.2) is 17.3 Å². The number of ether oxygens (including phenoxy) is 2. The van der Waals surface area contributed by atoms with Gasteiger partial charge in [0.2, 0.25) is 6.79 Å². The van der Waals surface area contributed by atoms with Gasteiger partial charge in [-0.3, -0.25) is 9.69 Å². The molecule has 0 aromatic heterocycles. The Labute approximate surface area is 185 Å². The second-order valence-corrected chi connectivity index (χ2v) is 8.27. The first-order valence-corrected chi connectivity index (χ1v) is 10.5. The molecule has 2 aromatic rings. The SMILES string of the molecule is Cc1ccc(N2C(N)=C(C#N)C(c3ccc4c(c3)OCO4)C3=C2CCCC3=O)cc1Cl. The van der Waals surface area contributed by atoms with Crippen LogP contribution in [0.5, 0.6) is 11.5 Å². The summed E-state index contributed by atoms with van der Waals surface area (Å²) < 4.78 is 10.9. The van der Waals surface area contributed by atoms with Gasteiger partial charge in [0.05, 0.1) is 17.6 Å². The monoisotopic (exact) mass is 433 g/mol. The fourth-order valence-corrected chi connectivity index (χ4v) is 4.70. The molecule has 0 amide bonds. The molecule has 2 aromatic carbocycles. The molecule has 0 spiro atoms. The number of aryl methyl sites for hydroxylation is 1. The van der Waals surface area contributed by atoms with Gasteiger partial charge in [0.1, 0.15) is 5.82 Å². The van der Waals surface area contributed by atoms with Crippen molar-refractivity contribution in [2.75, 3.05) is 11.7 Å². The van der Waals surface area contributed by atoms with E-state index in [4.69, 9.17) is 26.8 Å². The Morgan fingerprint density at radius 2 is 1.97 bits per heavy atom. The van der Waals surface area contributed by atoms with Crippen molar-refractivity contribution in [2.24, 2.45) is 5.73 Å². The number of halogens is 1. The third-order valence-corrected chi connectivity index (χ3v) is 6.46. The Morgan fingerprint density at radius 3 is 2.74 bits per heavy atom. The highest BCUT2D eigenvalue weighted by Crippen LogP contribution is 2.48. The fourth-order valence-electron chi connectivity index (χ4n) is 4.53. The van der Waals surface area contributed by atoms with Crippen LogP contribution in [0.3, 0.4) is 0 Å². The quantitative estimate of drug-likeness (QED) is 0.739. The Morgan fingerprint density at radius 1 is 1.16 bits per heavy atom. The largest absolute Gasteiger partial charge is 0.454 e. The third-order valence-electron chi connectivity index (χ3n) is 6.06. The molecule has 1 atom stereocenters. The molecule has 6 nitrogen and oxygen atoms in total. The molecule has 2 N–H and O–H groups in total. The lowest BCUT2D eigenvalue weighted by atomic mass is 9.75. The zero-order valence-corrected chi connectivity index (χ0v) is 17.7. The summed E-state index contributed by atoms with van der Waals surface area (Å²) in [5.41, 5.74) is 10.8. The number of nitriles is 1. The molecular formula is C24H20ClN3O3. The van der Waals surface area contributed by atoms with E-state index in [1.165, 1.54) is 0 Å². The zero-order valence-electron chi connectivity index (χ0n) is 16.9. The van der Waals surface area contributed by atoms with Gasteiger partial charge in [0.25, 0.3) is 0 Å². The third kappa shape index (κ3) is 3.05. The summed E-state index contributed by atoms with van der Waals surface area (Å²) in [7, 11) is 0. The van der Waals surface area contributed by atoms with E-state index in [1.54, 1.807) is 0 Å². The van der Waals surface area contributed by atoms with Crippen molar-refractivity contribution < 1.29 is 14.3 Å². The average molecular weight is 434 g/mol. The van der Waals surface area contributed by atoms with E-state index in [-0.39, 0.29) is 12.6 Å². The van der Waals surface area contributed by atoms with Crippen LogP contribution in [0.15, 0.2) is 59.1 Å². The van der Waals surface area contributed by atoms with Crippen LogP contribution in [0.2, 0.25) is 5.02 Å². The van der Waals surface area contributed by atoms with E-state index in [1.807, 2.05) is 48.2 Å². The smallest absolute Gasteiger partial charge is 0.231 e. The van der Waals surface area contributed by atoms with Gasteiger partial charge in [-0.05, 0) is 55.2 Å². The number of anilines is 1. The molecule has 0 saturated heterocycles. The van der Waals surface area contributed by atoms with Gasteiger partial charge in [-0.1, -0.05) is 23.7 Å². The first-order chi connectivity index (χ1) is 15.0. The maximum absolute atomic E-state index is 13.2. The number of nitrogens with zero attached hydrogens (tertiary/aromatic N) is 2. The first kappa shape index (κ1) is 19.5. The van der Waals surface area contributed by atoms with Crippen LogP contribution in [0.1, 0.15) is 36.3 Å². The Balaban J connectivity index is 1.72. The highest BCUT2D eigenvalue weighted by Gasteiger charge is 2.40. The molecule has 7 heteroatoms. The lowest BCUT2D eigenvalue weighted by Gasteiger charge is -2.39. The molecule has 156 valence electrons. The number of hydrogen-bond acceptors (Lipinski definition) is 6. The van der Waals surface area contributed by atoms with Gasteiger partial charge in [-0.2, -0.15) is 5.26 Å². The summed E-state index contributed by atoms with van der Waals surface area (Å²) in [6.45, 7) is 2.08. The minimum absolute atomic E-state index is 0.0346. The van der Waals surface area contributed by atoms with Crippen molar-refractivity contribution in [1.82, 2.24) is 0 Å². The molecule has 2 heterocycles. The van der Waals surface area contributed by atoms with Crippen molar-refractivity contribution in [3.05, 3.63) is 75.2 Å². The maximum Gasteiger partial charge on any atom is 0.231 e. The molecule has 0 saturated carbocycles. The van der Waals surface area contributed by atoms with Crippen molar-refractivity contribution in [3.8, 4) is 17.6 Å². The summed E-state index contributed by atoms with van der Waals surface area (Å²) in [6.07, 6.45) is 1.87. The number of fused-ring (bicyclic) bond motifs is 1. The number of rotatable bonds is 2. The number of hydrogen-bond donors (Lipinski definition) is 1. The van der Waals surface area contributed by atoms with Crippen LogP contribution in [0, 0.1) is 18.3 Å². The number of allylic oxidation sites excluding steroid dienone is 3. The van der Waals surface area contributed by atoms with E-state index < -0.39 is 5.92 Å². The normalized spacial score (nSPS) is 20.1. The maximum atomic E-state index is 13.2. The topological polar surface area (TPSA) is 88.6 Å². The lowest BCUT2D eigenvalue weighted by molar-refractivity contribution is -0.116. The molecule has 1 unspecified atom stereocenters. The molecule has 3 aliphatic rings. The average Bonchev–Trinajstić information content (AvgIpc) is 3.23. The molecular weight excluding hydrogens is 414 g/mol. The Bertz CT molecular complexity index is 1230. The predicted octanol–water partition coefficient (Wildman–Crippen LogP) is 4.68. The minimum Gasteiger partial charge on any atom is -0.454 e. The van der Waals surface area contributed by atoms with E-state index in [0.717, 1.165) is 28.9 Å².